The van der Waals surface area contributed by atoms with Gasteiger partial charge in [-0.3, -0.25) is 0 Å². The van der Waals surface area contributed by atoms with E-state index < -0.39 is 5.97 Å². The molecule has 0 amide bonds. The van der Waals surface area contributed by atoms with Crippen LogP contribution in [0.5, 0.6) is 10.9 Å². The molecule has 112 valence electrons. The molecule has 0 radical (unpaired) electrons. The molecule has 1 heterocycles. The van der Waals surface area contributed by atoms with Crippen molar-refractivity contribution in [2.45, 2.75) is 33.6 Å². The van der Waals surface area contributed by atoms with Crippen LogP contribution in [0.4, 0.5) is 0 Å². The Hall–Kier alpha value is -1.95. The molecule has 2 rings (SSSR count). The summed E-state index contributed by atoms with van der Waals surface area (Å²) in [5, 5.41) is 8.23. The number of ether oxygens (including phenoxy) is 2. The number of nitrogens with zero attached hydrogens (tertiary/aromatic N) is 2. The fourth-order valence-electron chi connectivity index (χ4n) is 1.83. The normalized spacial score (nSPS) is 10.7. The van der Waals surface area contributed by atoms with Crippen LogP contribution >= 0.6 is 11.3 Å². The van der Waals surface area contributed by atoms with Gasteiger partial charge < -0.3 is 9.47 Å². The van der Waals surface area contributed by atoms with Gasteiger partial charge in [0, 0.05) is 0 Å². The van der Waals surface area contributed by atoms with E-state index in [1.165, 1.54) is 0 Å². The molecule has 2 aromatic rings. The van der Waals surface area contributed by atoms with Gasteiger partial charge in [-0.05, 0) is 48.3 Å². The molecule has 0 aliphatic heterocycles. The predicted octanol–water partition coefficient (Wildman–Crippen LogP) is 3.94. The molecule has 0 unspecified atom stereocenters. The maximum Gasteiger partial charge on any atom is 0.369 e. The van der Waals surface area contributed by atoms with Gasteiger partial charge in [-0.2, -0.15) is 0 Å². The van der Waals surface area contributed by atoms with Gasteiger partial charge in [-0.25, -0.2) is 4.79 Å². The van der Waals surface area contributed by atoms with Crippen molar-refractivity contribution in [3.05, 3.63) is 34.3 Å². The van der Waals surface area contributed by atoms with Crippen molar-refractivity contribution in [1.29, 1.82) is 0 Å². The molecule has 0 saturated carbocycles. The molecule has 1 aromatic heterocycles. The van der Waals surface area contributed by atoms with Crippen molar-refractivity contribution in [3.8, 4) is 10.9 Å². The third kappa shape index (κ3) is 3.78. The predicted molar refractivity (Wildman–Crippen MR) is 81.2 cm³/mol. The Morgan fingerprint density at radius 2 is 2.10 bits per heavy atom. The summed E-state index contributed by atoms with van der Waals surface area (Å²) in [4.78, 5) is 11.6. The largest absolute Gasteiger partial charge is 0.461 e. The molecule has 0 aliphatic carbocycles. The molecule has 0 bridgehead atoms. The SMILES string of the molecule is CCOC(=O)c1nnc(Oc2cc(C)ccc2C(C)C)s1. The number of carbonyl (C=O) groups excluding carboxylic acids is 1. The van der Waals surface area contributed by atoms with E-state index in [-0.39, 0.29) is 5.01 Å². The van der Waals surface area contributed by atoms with Gasteiger partial charge in [0.15, 0.2) is 0 Å². The molecule has 6 heteroatoms. The van der Waals surface area contributed by atoms with Crippen LogP contribution in [-0.4, -0.2) is 22.8 Å². The van der Waals surface area contributed by atoms with Gasteiger partial charge in [0.1, 0.15) is 5.75 Å². The molecule has 21 heavy (non-hydrogen) atoms. The summed E-state index contributed by atoms with van der Waals surface area (Å²) in [6.07, 6.45) is 0. The lowest BCUT2D eigenvalue weighted by atomic mass is 10.0. The van der Waals surface area contributed by atoms with Crippen molar-refractivity contribution in [2.75, 3.05) is 6.61 Å². The van der Waals surface area contributed by atoms with Crippen LogP contribution in [0.25, 0.3) is 0 Å². The van der Waals surface area contributed by atoms with Crippen LogP contribution in [0.15, 0.2) is 18.2 Å². The second-order valence-electron chi connectivity index (χ2n) is 4.89. The van der Waals surface area contributed by atoms with E-state index in [1.54, 1.807) is 6.92 Å². The summed E-state index contributed by atoms with van der Waals surface area (Å²) in [7, 11) is 0. The van der Waals surface area contributed by atoms with Crippen LogP contribution in [0.2, 0.25) is 0 Å². The van der Waals surface area contributed by atoms with Crippen LogP contribution in [0.1, 0.15) is 47.6 Å². The second-order valence-corrected chi connectivity index (χ2v) is 5.83. The molecule has 0 atom stereocenters. The highest BCUT2D eigenvalue weighted by atomic mass is 32.1. The number of rotatable bonds is 5. The van der Waals surface area contributed by atoms with Crippen LogP contribution in [-0.2, 0) is 4.74 Å². The first-order valence-electron chi connectivity index (χ1n) is 6.80. The van der Waals surface area contributed by atoms with E-state index in [0.29, 0.717) is 17.7 Å². The zero-order chi connectivity index (χ0) is 15.4. The number of aromatic nitrogens is 2. The molecule has 5 nitrogen and oxygen atoms in total. The van der Waals surface area contributed by atoms with Crippen molar-refractivity contribution < 1.29 is 14.3 Å². The minimum atomic E-state index is -0.474. The number of carbonyl (C=O) groups is 1. The van der Waals surface area contributed by atoms with E-state index in [4.69, 9.17) is 9.47 Å². The average Bonchev–Trinajstić information content (AvgIpc) is 2.87. The average molecular weight is 306 g/mol. The third-order valence-electron chi connectivity index (χ3n) is 2.84. The minimum absolute atomic E-state index is 0.200. The van der Waals surface area contributed by atoms with Crippen molar-refractivity contribution in [1.82, 2.24) is 10.2 Å². The van der Waals surface area contributed by atoms with Crippen LogP contribution in [0.3, 0.4) is 0 Å². The summed E-state index contributed by atoms with van der Waals surface area (Å²) in [6, 6.07) is 6.05. The highest BCUT2D eigenvalue weighted by Gasteiger charge is 2.16. The molecule has 0 aliphatic rings. The molecule has 0 saturated heterocycles. The fourth-order valence-corrected chi connectivity index (χ4v) is 2.43. The maximum atomic E-state index is 11.6. The van der Waals surface area contributed by atoms with Gasteiger partial charge in [0.2, 0.25) is 5.01 Å². The third-order valence-corrected chi connectivity index (χ3v) is 3.63. The van der Waals surface area contributed by atoms with Crippen molar-refractivity contribution >= 4 is 17.3 Å². The molecular weight excluding hydrogens is 288 g/mol. The van der Waals surface area contributed by atoms with Crippen LogP contribution < -0.4 is 4.74 Å². The Balaban J connectivity index is 2.22. The fraction of sp³-hybridized carbons (Fsp3) is 0.400. The van der Waals surface area contributed by atoms with Crippen LogP contribution in [0, 0.1) is 6.92 Å². The second kappa shape index (κ2) is 6.67. The first-order chi connectivity index (χ1) is 10.0. The molecular formula is C15H18N2O3S. The molecule has 0 spiro atoms. The van der Waals surface area contributed by atoms with Gasteiger partial charge in [0.05, 0.1) is 6.61 Å². The van der Waals surface area contributed by atoms with E-state index in [9.17, 15) is 4.79 Å². The standard InChI is InChI=1S/C15H18N2O3S/c1-5-19-14(18)13-16-17-15(21-13)20-12-8-10(4)6-7-11(12)9(2)3/h6-9H,5H2,1-4H3. The Morgan fingerprint density at radius 1 is 1.33 bits per heavy atom. The van der Waals surface area contributed by atoms with Crippen molar-refractivity contribution in [3.63, 3.8) is 0 Å². The summed E-state index contributed by atoms with van der Waals surface area (Å²) >= 11 is 1.08. The Bertz CT molecular complexity index is 638. The first-order valence-corrected chi connectivity index (χ1v) is 7.62. The quantitative estimate of drug-likeness (QED) is 0.783. The number of hydrogen-bond donors (Lipinski definition) is 0. The number of esters is 1. The first kappa shape index (κ1) is 15.4. The van der Waals surface area contributed by atoms with Gasteiger partial charge in [-0.15, -0.1) is 5.10 Å². The van der Waals surface area contributed by atoms with E-state index >= 15 is 0 Å². The van der Waals surface area contributed by atoms with E-state index in [0.717, 1.165) is 28.2 Å². The maximum absolute atomic E-state index is 11.6. The zero-order valence-corrected chi connectivity index (χ0v) is 13.4. The smallest absolute Gasteiger partial charge is 0.369 e. The Labute approximate surface area is 127 Å². The van der Waals surface area contributed by atoms with Gasteiger partial charge >= 0.3 is 5.97 Å². The number of benzene rings is 1. The highest BCUT2D eigenvalue weighted by Crippen LogP contribution is 2.32. The van der Waals surface area contributed by atoms with Gasteiger partial charge in [-0.1, -0.05) is 31.1 Å². The molecule has 0 N–H and O–H groups in total. The molecule has 1 aromatic carbocycles. The summed E-state index contributed by atoms with van der Waals surface area (Å²) in [5.74, 6) is 0.604. The summed E-state index contributed by atoms with van der Waals surface area (Å²) in [5.41, 5.74) is 2.19. The highest BCUT2D eigenvalue weighted by molar-refractivity contribution is 7.14. The number of hydrogen-bond acceptors (Lipinski definition) is 6. The van der Waals surface area contributed by atoms with E-state index in [1.807, 2.05) is 25.1 Å². The zero-order valence-electron chi connectivity index (χ0n) is 12.5. The topological polar surface area (TPSA) is 61.3 Å². The lowest BCUT2D eigenvalue weighted by Gasteiger charge is -2.12. The minimum Gasteiger partial charge on any atom is -0.461 e. The lowest BCUT2D eigenvalue weighted by Crippen LogP contribution is -2.03. The van der Waals surface area contributed by atoms with Gasteiger partial charge in [0.25, 0.3) is 5.19 Å². The Kier molecular flexibility index (Phi) is 4.90. The van der Waals surface area contributed by atoms with Crippen molar-refractivity contribution in [2.24, 2.45) is 0 Å². The lowest BCUT2D eigenvalue weighted by molar-refractivity contribution is 0.0525. The summed E-state index contributed by atoms with van der Waals surface area (Å²) < 4.78 is 10.7. The monoisotopic (exact) mass is 306 g/mol. The van der Waals surface area contributed by atoms with E-state index in [2.05, 4.69) is 24.0 Å². The number of aryl methyl sites for hydroxylation is 1. The summed E-state index contributed by atoms with van der Waals surface area (Å²) in [6.45, 7) is 8.26. The molecule has 0 fully saturated rings. The Morgan fingerprint density at radius 3 is 2.76 bits per heavy atom.